The van der Waals surface area contributed by atoms with Gasteiger partial charge < -0.3 is 29.5 Å². The van der Waals surface area contributed by atoms with Crippen molar-refractivity contribution in [1.82, 2.24) is 49.4 Å². The SMILES string of the molecule is CC1COCCN1c1cc(C2(S(C)(=N)=O)CC2)nc(-c2ccnc3[nH]ccc23)n1.Cc1cncc(-c2nc(NCCc3c[nH]c4ccccc34)c3ncn(C(C)C)c3n2)c1. The minimum atomic E-state index is -2.79. The van der Waals surface area contributed by atoms with Gasteiger partial charge in [-0.15, -0.1) is 0 Å². The molecule has 1 saturated heterocycles. The van der Waals surface area contributed by atoms with Crippen molar-refractivity contribution < 1.29 is 8.95 Å². The molecule has 8 aromatic rings. The van der Waals surface area contributed by atoms with Gasteiger partial charge >= 0.3 is 0 Å². The average Bonchev–Trinajstić information content (AvgIpc) is 3.52. The van der Waals surface area contributed by atoms with Gasteiger partial charge in [-0.2, -0.15) is 0 Å². The van der Waals surface area contributed by atoms with Gasteiger partial charge in [0.05, 0.1) is 45.8 Å². The number of fused-ring (bicyclic) bond motifs is 3. The average molecular weight is 824 g/mol. The minimum Gasteiger partial charge on any atom is -0.377 e. The molecular formula is C44H49N13O2S. The van der Waals surface area contributed by atoms with E-state index in [2.05, 4.69) is 90.9 Å². The normalized spacial score (nSPS) is 17.2. The van der Waals surface area contributed by atoms with Crippen LogP contribution in [0.2, 0.25) is 0 Å². The molecule has 60 heavy (non-hydrogen) atoms. The number of morpholine rings is 1. The predicted octanol–water partition coefficient (Wildman–Crippen LogP) is 7.82. The lowest BCUT2D eigenvalue weighted by Gasteiger charge is -2.35. The molecule has 2 fully saturated rings. The first-order chi connectivity index (χ1) is 29.0. The van der Waals surface area contributed by atoms with E-state index in [1.165, 1.54) is 17.2 Å². The molecule has 10 rings (SSSR count). The first-order valence-corrected chi connectivity index (χ1v) is 22.3. The quantitative estimate of drug-likeness (QED) is 0.105. The van der Waals surface area contributed by atoms with Crippen LogP contribution in [-0.2, 0) is 25.6 Å². The fraction of sp³-hybridized carbons (Fsp3) is 0.341. The van der Waals surface area contributed by atoms with Crippen LogP contribution < -0.4 is 10.2 Å². The van der Waals surface area contributed by atoms with Gasteiger partial charge in [0.2, 0.25) is 0 Å². The number of hydrogen-bond donors (Lipinski definition) is 4. The summed E-state index contributed by atoms with van der Waals surface area (Å²) >= 11 is 0. The number of imidazole rings is 1. The summed E-state index contributed by atoms with van der Waals surface area (Å²) in [6.07, 6.45) is 15.0. The molecule has 0 radical (unpaired) electrons. The number of para-hydroxylation sites is 1. The minimum absolute atomic E-state index is 0.182. The van der Waals surface area contributed by atoms with Gasteiger partial charge in [0.1, 0.15) is 17.0 Å². The molecule has 0 spiro atoms. The third-order valence-electron chi connectivity index (χ3n) is 11.5. The van der Waals surface area contributed by atoms with Gasteiger partial charge in [0.15, 0.2) is 23.1 Å². The lowest BCUT2D eigenvalue weighted by Crippen LogP contribution is -2.44. The zero-order valence-corrected chi connectivity index (χ0v) is 35.3. The Labute approximate surface area is 348 Å². The van der Waals surface area contributed by atoms with Crippen molar-refractivity contribution in [3.05, 3.63) is 103 Å². The number of hydrogen-bond acceptors (Lipinski definition) is 12. The number of nitrogens with zero attached hydrogens (tertiary/aromatic N) is 9. The topological polar surface area (TPSA) is 192 Å². The first-order valence-electron chi connectivity index (χ1n) is 20.3. The summed E-state index contributed by atoms with van der Waals surface area (Å²) in [4.78, 5) is 41.4. The molecule has 2 unspecified atom stereocenters. The first kappa shape index (κ1) is 39.2. The van der Waals surface area contributed by atoms with Crippen LogP contribution >= 0.6 is 0 Å². The fourth-order valence-corrected chi connectivity index (χ4v) is 9.38. The molecular weight excluding hydrogens is 775 g/mol. The van der Waals surface area contributed by atoms with Crippen LogP contribution in [0.25, 0.3) is 55.9 Å². The van der Waals surface area contributed by atoms with Crippen molar-refractivity contribution in [3.8, 4) is 22.8 Å². The van der Waals surface area contributed by atoms with Crippen molar-refractivity contribution in [2.45, 2.75) is 63.8 Å². The molecule has 308 valence electrons. The van der Waals surface area contributed by atoms with Crippen LogP contribution in [0.1, 0.15) is 56.5 Å². The highest BCUT2D eigenvalue weighted by atomic mass is 32.2. The van der Waals surface area contributed by atoms with Crippen LogP contribution in [0, 0.1) is 11.7 Å². The van der Waals surface area contributed by atoms with Crippen molar-refractivity contribution >= 4 is 54.5 Å². The number of aromatic nitrogens is 10. The van der Waals surface area contributed by atoms with Gasteiger partial charge in [0.25, 0.3) is 0 Å². The van der Waals surface area contributed by atoms with Crippen LogP contribution in [0.4, 0.5) is 11.6 Å². The van der Waals surface area contributed by atoms with Crippen molar-refractivity contribution in [1.29, 1.82) is 4.78 Å². The Morgan fingerprint density at radius 3 is 2.65 bits per heavy atom. The molecule has 2 atom stereocenters. The number of nitrogens with one attached hydrogen (secondary N) is 4. The maximum absolute atomic E-state index is 12.8. The Balaban J connectivity index is 0.000000154. The number of pyridine rings is 2. The Bertz CT molecular complexity index is 2950. The van der Waals surface area contributed by atoms with E-state index in [9.17, 15) is 4.21 Å². The Morgan fingerprint density at radius 2 is 1.87 bits per heavy atom. The summed E-state index contributed by atoms with van der Waals surface area (Å²) in [6, 6.07) is 16.7. The van der Waals surface area contributed by atoms with E-state index >= 15 is 0 Å². The van der Waals surface area contributed by atoms with E-state index in [1.807, 2.05) is 49.9 Å². The maximum Gasteiger partial charge on any atom is 0.166 e. The molecule has 16 heteroatoms. The summed E-state index contributed by atoms with van der Waals surface area (Å²) in [5.74, 6) is 2.79. The van der Waals surface area contributed by atoms with E-state index in [0.29, 0.717) is 30.6 Å². The molecule has 0 bridgehead atoms. The van der Waals surface area contributed by atoms with Crippen molar-refractivity contribution in [2.75, 3.05) is 42.8 Å². The van der Waals surface area contributed by atoms with E-state index in [-0.39, 0.29) is 12.1 Å². The summed E-state index contributed by atoms with van der Waals surface area (Å²) < 4.78 is 28.1. The molecule has 15 nitrogen and oxygen atoms in total. The highest BCUT2D eigenvalue weighted by Crippen LogP contribution is 2.52. The van der Waals surface area contributed by atoms with Gasteiger partial charge in [-0.1, -0.05) is 18.2 Å². The van der Waals surface area contributed by atoms with Gasteiger partial charge in [-0.3, -0.25) is 9.76 Å². The van der Waals surface area contributed by atoms with E-state index in [4.69, 9.17) is 29.5 Å². The molecule has 8 heterocycles. The molecule has 0 amide bonds. The lowest BCUT2D eigenvalue weighted by molar-refractivity contribution is 0.0985. The Morgan fingerprint density at radius 1 is 1.02 bits per heavy atom. The Kier molecular flexibility index (Phi) is 10.3. The van der Waals surface area contributed by atoms with Crippen molar-refractivity contribution in [3.63, 3.8) is 0 Å². The standard InChI is InChI=1S/C24H25N7.C20H24N6O2S/c1-15(2)31-14-28-21-23(26-9-8-17-13-27-20-7-5-4-6-19(17)20)29-22(30-24(21)31)18-10-16(3)11-25-12-18;1-13-12-28-10-9-26(13)17-11-16(20(5-6-20)29(2,21)27)24-19(25-17)15-4-8-23-18-14(15)3-7-22-18/h4-7,10-15,27H,8-9H2,1-3H3,(H,26,29,30);3-4,7-8,11,13,21H,5-6,9-10,12H2,1-2H3,(H,22,23). The van der Waals surface area contributed by atoms with Crippen LogP contribution in [0.5, 0.6) is 0 Å². The predicted molar refractivity (Wildman–Crippen MR) is 237 cm³/mol. The third kappa shape index (κ3) is 7.45. The summed E-state index contributed by atoms with van der Waals surface area (Å²) in [5, 5.41) is 5.71. The third-order valence-corrected chi connectivity index (χ3v) is 13.6. The van der Waals surface area contributed by atoms with Crippen LogP contribution in [-0.4, -0.2) is 92.2 Å². The zero-order valence-electron chi connectivity index (χ0n) is 34.4. The molecule has 1 aliphatic heterocycles. The van der Waals surface area contributed by atoms with Gasteiger partial charge in [-0.05, 0) is 82.3 Å². The van der Waals surface area contributed by atoms with Gasteiger partial charge in [-0.25, -0.2) is 34.1 Å². The molecule has 1 aliphatic carbocycles. The zero-order chi connectivity index (χ0) is 41.6. The van der Waals surface area contributed by atoms with Crippen LogP contribution in [0.15, 0.2) is 85.8 Å². The molecule has 1 aromatic carbocycles. The smallest absolute Gasteiger partial charge is 0.166 e. The molecule has 2 aliphatic rings. The second-order valence-electron chi connectivity index (χ2n) is 16.1. The second kappa shape index (κ2) is 15.7. The number of aryl methyl sites for hydroxylation is 1. The number of aromatic amines is 2. The number of rotatable bonds is 10. The second-order valence-corrected chi connectivity index (χ2v) is 18.6. The van der Waals surface area contributed by atoms with E-state index < -0.39 is 14.5 Å². The molecule has 4 N–H and O–H groups in total. The largest absolute Gasteiger partial charge is 0.377 e. The number of benzene rings is 1. The van der Waals surface area contributed by atoms with E-state index in [0.717, 1.165) is 88.4 Å². The highest BCUT2D eigenvalue weighted by molar-refractivity contribution is 7.93. The Hall–Kier alpha value is -6.26. The van der Waals surface area contributed by atoms with Crippen LogP contribution in [0.3, 0.4) is 0 Å². The molecule has 7 aromatic heterocycles. The van der Waals surface area contributed by atoms with E-state index in [1.54, 1.807) is 12.4 Å². The summed E-state index contributed by atoms with van der Waals surface area (Å²) in [7, 11) is -2.79. The summed E-state index contributed by atoms with van der Waals surface area (Å²) in [5.41, 5.74) is 8.40. The number of H-pyrrole nitrogens is 2. The maximum atomic E-state index is 12.8. The fourth-order valence-electron chi connectivity index (χ4n) is 8.00. The highest BCUT2D eigenvalue weighted by Gasteiger charge is 2.53. The molecule has 1 saturated carbocycles. The number of anilines is 2. The lowest BCUT2D eigenvalue weighted by atomic mass is 10.1. The van der Waals surface area contributed by atoms with Gasteiger partial charge in [0, 0.05) is 89.9 Å². The monoisotopic (exact) mass is 823 g/mol. The number of ether oxygens (including phenoxy) is 1. The summed E-state index contributed by atoms with van der Waals surface area (Å²) in [6.45, 7) is 11.1. The van der Waals surface area contributed by atoms with Crippen molar-refractivity contribution in [2.24, 2.45) is 0 Å².